The molecule has 0 aliphatic carbocycles. The Morgan fingerprint density at radius 1 is 1.39 bits per heavy atom. The van der Waals surface area contributed by atoms with Gasteiger partial charge in [-0.1, -0.05) is 0 Å². The Bertz CT molecular complexity index is 489. The van der Waals surface area contributed by atoms with Gasteiger partial charge in [0.1, 0.15) is 6.61 Å². The van der Waals surface area contributed by atoms with Crippen LogP contribution in [-0.2, 0) is 17.8 Å². The van der Waals surface area contributed by atoms with E-state index in [1.165, 1.54) is 4.90 Å². The molecule has 1 saturated heterocycles. The van der Waals surface area contributed by atoms with E-state index in [-0.39, 0.29) is 6.09 Å². The summed E-state index contributed by atoms with van der Waals surface area (Å²) in [5, 5.41) is 0. The van der Waals surface area contributed by atoms with Crippen molar-refractivity contribution in [1.82, 2.24) is 14.9 Å². The van der Waals surface area contributed by atoms with Gasteiger partial charge in [0, 0.05) is 30.9 Å². The number of hydrogen-bond acceptors (Lipinski definition) is 5. The smallest absolute Gasteiger partial charge is 0.416 e. The summed E-state index contributed by atoms with van der Waals surface area (Å²) >= 11 is 0. The molecule has 0 atom stereocenters. The van der Waals surface area contributed by atoms with Gasteiger partial charge in [-0.3, -0.25) is 4.90 Å². The fourth-order valence-corrected chi connectivity index (χ4v) is 2.24. The number of carbonyl (C=O) groups excluding carboxylic acids is 1. The quantitative estimate of drug-likeness (QED) is 0.786. The summed E-state index contributed by atoms with van der Waals surface area (Å²) < 4.78 is 4.90. The number of ether oxygens (including phenoxy) is 1. The maximum atomic E-state index is 11.5. The molecule has 0 aromatic carbocycles. The van der Waals surface area contributed by atoms with Crippen molar-refractivity contribution >= 4 is 12.0 Å². The zero-order chi connectivity index (χ0) is 12.7. The van der Waals surface area contributed by atoms with E-state index < -0.39 is 0 Å². The molecular formula is C12H16N4O2. The molecule has 3 heterocycles. The third-order valence-corrected chi connectivity index (χ3v) is 3.40. The average molecular weight is 248 g/mol. The molecule has 1 aromatic heterocycles. The number of aromatic nitrogens is 2. The van der Waals surface area contributed by atoms with Gasteiger partial charge in [0.05, 0.1) is 12.2 Å². The van der Waals surface area contributed by atoms with Gasteiger partial charge in [-0.15, -0.1) is 0 Å². The zero-order valence-corrected chi connectivity index (χ0v) is 10.6. The van der Waals surface area contributed by atoms with E-state index in [9.17, 15) is 4.79 Å². The van der Waals surface area contributed by atoms with Crippen LogP contribution in [0.15, 0.2) is 6.20 Å². The van der Waals surface area contributed by atoms with Gasteiger partial charge in [0.2, 0.25) is 5.95 Å². The second-order valence-corrected chi connectivity index (χ2v) is 4.91. The van der Waals surface area contributed by atoms with E-state index in [1.807, 2.05) is 6.20 Å². The molecule has 1 aromatic rings. The van der Waals surface area contributed by atoms with E-state index in [2.05, 4.69) is 28.7 Å². The fourth-order valence-electron chi connectivity index (χ4n) is 2.24. The minimum absolute atomic E-state index is 0.353. The molecule has 6 heteroatoms. The maximum Gasteiger partial charge on any atom is 0.416 e. The van der Waals surface area contributed by atoms with Crippen molar-refractivity contribution in [3.8, 4) is 0 Å². The van der Waals surface area contributed by atoms with Crippen molar-refractivity contribution in [3.63, 3.8) is 0 Å². The highest BCUT2D eigenvalue weighted by Crippen LogP contribution is 2.24. The van der Waals surface area contributed by atoms with Gasteiger partial charge in [-0.25, -0.2) is 19.7 Å². The molecule has 1 fully saturated rings. The first-order valence-corrected chi connectivity index (χ1v) is 6.18. The zero-order valence-electron chi connectivity index (χ0n) is 10.6. The van der Waals surface area contributed by atoms with Gasteiger partial charge in [-0.2, -0.15) is 0 Å². The first-order chi connectivity index (χ1) is 8.65. The van der Waals surface area contributed by atoms with Crippen LogP contribution >= 0.6 is 0 Å². The van der Waals surface area contributed by atoms with Crippen molar-refractivity contribution in [3.05, 3.63) is 17.5 Å². The standard InChI is InChI=1S/C12H16N4O2/c1-8(2)15-6-9-5-13-11(14-10(9)7-15)16-3-4-18-12(16)17/h5,8H,3-4,6-7H2,1-2H3. The van der Waals surface area contributed by atoms with Crippen LogP contribution in [0.5, 0.6) is 0 Å². The average Bonchev–Trinajstić information content (AvgIpc) is 2.93. The van der Waals surface area contributed by atoms with Gasteiger partial charge in [0.25, 0.3) is 0 Å². The number of hydrogen-bond donors (Lipinski definition) is 0. The Labute approximate surface area is 106 Å². The molecule has 6 nitrogen and oxygen atoms in total. The van der Waals surface area contributed by atoms with Gasteiger partial charge in [-0.05, 0) is 13.8 Å². The monoisotopic (exact) mass is 248 g/mol. The fraction of sp³-hybridized carbons (Fsp3) is 0.583. The Morgan fingerprint density at radius 2 is 2.22 bits per heavy atom. The van der Waals surface area contributed by atoms with Crippen molar-refractivity contribution in [2.45, 2.75) is 33.0 Å². The summed E-state index contributed by atoms with van der Waals surface area (Å²) in [5.74, 6) is 0.460. The van der Waals surface area contributed by atoms with Crippen molar-refractivity contribution in [2.75, 3.05) is 18.1 Å². The second kappa shape index (κ2) is 4.20. The highest BCUT2D eigenvalue weighted by atomic mass is 16.6. The molecule has 96 valence electrons. The molecule has 0 saturated carbocycles. The predicted octanol–water partition coefficient (Wildman–Crippen LogP) is 1.16. The lowest BCUT2D eigenvalue weighted by molar-refractivity contribution is 0.181. The summed E-state index contributed by atoms with van der Waals surface area (Å²) in [5.41, 5.74) is 2.17. The van der Waals surface area contributed by atoms with E-state index in [1.54, 1.807) is 0 Å². The van der Waals surface area contributed by atoms with Crippen LogP contribution in [-0.4, -0.2) is 40.2 Å². The van der Waals surface area contributed by atoms with Crippen molar-refractivity contribution in [1.29, 1.82) is 0 Å². The highest BCUT2D eigenvalue weighted by molar-refractivity contribution is 5.87. The van der Waals surface area contributed by atoms with Gasteiger partial charge in [0.15, 0.2) is 0 Å². The lowest BCUT2D eigenvalue weighted by Gasteiger charge is -2.18. The lowest BCUT2D eigenvalue weighted by atomic mass is 10.3. The Hall–Kier alpha value is -1.69. The number of carbonyl (C=O) groups is 1. The van der Waals surface area contributed by atoms with Crippen LogP contribution in [0.3, 0.4) is 0 Å². The van der Waals surface area contributed by atoms with Crippen LogP contribution < -0.4 is 4.90 Å². The number of cyclic esters (lactones) is 1. The third kappa shape index (κ3) is 1.82. The molecular weight excluding hydrogens is 232 g/mol. The number of nitrogens with zero attached hydrogens (tertiary/aromatic N) is 4. The number of rotatable bonds is 2. The number of amides is 1. The molecule has 0 unspecified atom stereocenters. The Balaban J connectivity index is 1.85. The topological polar surface area (TPSA) is 58.6 Å². The van der Waals surface area contributed by atoms with Crippen molar-refractivity contribution < 1.29 is 9.53 Å². The molecule has 0 spiro atoms. The minimum Gasteiger partial charge on any atom is -0.447 e. The first-order valence-electron chi connectivity index (χ1n) is 6.18. The number of anilines is 1. The molecule has 3 rings (SSSR count). The summed E-state index contributed by atoms with van der Waals surface area (Å²) in [7, 11) is 0. The van der Waals surface area contributed by atoms with E-state index in [0.29, 0.717) is 25.1 Å². The van der Waals surface area contributed by atoms with Crippen LogP contribution in [0.1, 0.15) is 25.1 Å². The van der Waals surface area contributed by atoms with Crippen LogP contribution in [0.4, 0.5) is 10.7 Å². The maximum absolute atomic E-state index is 11.5. The largest absolute Gasteiger partial charge is 0.447 e. The van der Waals surface area contributed by atoms with E-state index >= 15 is 0 Å². The molecule has 1 amide bonds. The van der Waals surface area contributed by atoms with Crippen LogP contribution in [0.25, 0.3) is 0 Å². The van der Waals surface area contributed by atoms with Crippen LogP contribution in [0.2, 0.25) is 0 Å². The third-order valence-electron chi connectivity index (χ3n) is 3.40. The van der Waals surface area contributed by atoms with E-state index in [0.717, 1.165) is 24.3 Å². The first kappa shape index (κ1) is 11.4. The summed E-state index contributed by atoms with van der Waals surface area (Å²) in [6, 6.07) is 0.486. The molecule has 0 N–H and O–H groups in total. The van der Waals surface area contributed by atoms with Gasteiger partial charge >= 0.3 is 6.09 Å². The SMILES string of the molecule is CC(C)N1Cc2cnc(N3CCOC3=O)nc2C1. The second-order valence-electron chi connectivity index (χ2n) is 4.91. The number of fused-ring (bicyclic) bond motifs is 1. The Morgan fingerprint density at radius 3 is 2.89 bits per heavy atom. The predicted molar refractivity (Wildman–Crippen MR) is 65.1 cm³/mol. The highest BCUT2D eigenvalue weighted by Gasteiger charge is 2.29. The summed E-state index contributed by atoms with van der Waals surface area (Å²) in [6.07, 6.45) is 1.47. The summed E-state index contributed by atoms with van der Waals surface area (Å²) in [4.78, 5) is 24.0. The normalized spacial score (nSPS) is 19.5. The lowest BCUT2D eigenvalue weighted by Crippen LogP contribution is -2.26. The minimum atomic E-state index is -0.353. The molecule has 0 radical (unpaired) electrons. The molecule has 0 bridgehead atoms. The van der Waals surface area contributed by atoms with E-state index in [4.69, 9.17) is 4.74 Å². The molecule has 2 aliphatic heterocycles. The molecule has 18 heavy (non-hydrogen) atoms. The summed E-state index contributed by atoms with van der Waals surface area (Å²) in [6.45, 7) is 6.99. The molecule has 2 aliphatic rings. The van der Waals surface area contributed by atoms with Crippen LogP contribution in [0, 0.1) is 0 Å². The van der Waals surface area contributed by atoms with Crippen molar-refractivity contribution in [2.24, 2.45) is 0 Å². The Kier molecular flexibility index (Phi) is 2.66. The van der Waals surface area contributed by atoms with Gasteiger partial charge < -0.3 is 4.74 Å².